The second-order valence-corrected chi connectivity index (χ2v) is 6.45. The Hall–Kier alpha value is -1.52. The lowest BCUT2D eigenvalue weighted by Crippen LogP contribution is -2.34. The number of aliphatic hydroxyl groups is 2. The molecule has 3 rings (SSSR count). The van der Waals surface area contributed by atoms with E-state index in [1.165, 1.54) is 18.0 Å². The molecule has 1 fully saturated rings. The van der Waals surface area contributed by atoms with Gasteiger partial charge in [-0.25, -0.2) is 4.98 Å². The number of aromatic nitrogens is 2. The first-order valence-corrected chi connectivity index (χ1v) is 8.45. The van der Waals surface area contributed by atoms with Gasteiger partial charge in [-0.3, -0.25) is 0 Å². The highest BCUT2D eigenvalue weighted by atomic mass is 31.2. The topological polar surface area (TPSA) is 149 Å². The van der Waals surface area contributed by atoms with Gasteiger partial charge in [0, 0.05) is 6.07 Å². The molecule has 11 heteroatoms. The number of hydrogen-bond donors (Lipinski definition) is 2. The maximum Gasteiger partial charge on any atom is 0.164 e. The van der Waals surface area contributed by atoms with E-state index in [2.05, 4.69) is 9.51 Å². The summed E-state index contributed by atoms with van der Waals surface area (Å²) >= 11 is 0. The first kappa shape index (κ1) is 17.3. The van der Waals surface area contributed by atoms with Gasteiger partial charge in [0.2, 0.25) is 0 Å². The normalized spacial score (nSPS) is 27.7. The standard InChI is InChI=1S/C13H17N2O8P/c1-21-7-2-3-9-8(4-7)14-6-15(9)13-12(17)11(16)10(23-13)5-22-24(18,19)20/h2-4,6,10-13,16-17H,5H2,1H3,(H2,18,19,20)/p-2/t10-,11-,12-,13+/m1/s1. The summed E-state index contributed by atoms with van der Waals surface area (Å²) in [6.45, 7) is -0.681. The number of phosphoric ester groups is 1. The van der Waals surface area contributed by atoms with Crippen molar-refractivity contribution in [3.63, 3.8) is 0 Å². The molecular weight excluding hydrogens is 343 g/mol. The van der Waals surface area contributed by atoms with Gasteiger partial charge in [-0.2, -0.15) is 0 Å². The first-order valence-electron chi connectivity index (χ1n) is 6.99. The molecule has 2 N–H and O–H groups in total. The van der Waals surface area contributed by atoms with Crippen molar-refractivity contribution in [2.45, 2.75) is 24.5 Å². The third-order valence-electron chi connectivity index (χ3n) is 3.79. The van der Waals surface area contributed by atoms with Crippen LogP contribution in [-0.2, 0) is 13.8 Å². The van der Waals surface area contributed by atoms with E-state index in [9.17, 15) is 24.6 Å². The monoisotopic (exact) mass is 358 g/mol. The number of fused-ring (bicyclic) bond motifs is 1. The Labute approximate surface area is 136 Å². The SMILES string of the molecule is COc1ccc2c(c1)ncn2[C@H]1O[C@H](COP(=O)([O-])[O-])[C@@H](O)[C@H]1O. The Morgan fingerprint density at radius 2 is 2.12 bits per heavy atom. The van der Waals surface area contributed by atoms with Crippen LogP contribution < -0.4 is 14.5 Å². The van der Waals surface area contributed by atoms with Gasteiger partial charge in [0.1, 0.15) is 24.1 Å². The fraction of sp³-hybridized carbons (Fsp3) is 0.462. The van der Waals surface area contributed by atoms with Crippen molar-refractivity contribution in [3.05, 3.63) is 24.5 Å². The molecule has 1 aromatic carbocycles. The Morgan fingerprint density at radius 1 is 1.38 bits per heavy atom. The minimum atomic E-state index is -5.20. The van der Waals surface area contributed by atoms with Crippen molar-refractivity contribution in [2.75, 3.05) is 13.7 Å². The summed E-state index contributed by atoms with van der Waals surface area (Å²) in [7, 11) is -3.68. The highest BCUT2D eigenvalue weighted by Gasteiger charge is 2.44. The average molecular weight is 358 g/mol. The Kier molecular flexibility index (Phi) is 4.63. The van der Waals surface area contributed by atoms with Crippen molar-refractivity contribution in [1.82, 2.24) is 9.55 Å². The maximum atomic E-state index is 10.5. The van der Waals surface area contributed by atoms with Crippen molar-refractivity contribution in [1.29, 1.82) is 0 Å². The smallest absolute Gasteiger partial charge is 0.164 e. The van der Waals surface area contributed by atoms with Crippen molar-refractivity contribution in [3.8, 4) is 5.75 Å². The molecule has 132 valence electrons. The lowest BCUT2D eigenvalue weighted by atomic mass is 10.1. The van der Waals surface area contributed by atoms with Gasteiger partial charge < -0.3 is 43.1 Å². The Morgan fingerprint density at radius 3 is 2.79 bits per heavy atom. The molecule has 1 aliphatic heterocycles. The number of rotatable bonds is 5. The highest BCUT2D eigenvalue weighted by molar-refractivity contribution is 7.43. The van der Waals surface area contributed by atoms with E-state index in [1.807, 2.05) is 0 Å². The quantitative estimate of drug-likeness (QED) is 0.609. The van der Waals surface area contributed by atoms with Crippen LogP contribution >= 0.6 is 7.82 Å². The first-order chi connectivity index (χ1) is 11.3. The highest BCUT2D eigenvalue weighted by Crippen LogP contribution is 2.34. The molecule has 0 spiro atoms. The number of imidazole rings is 1. The van der Waals surface area contributed by atoms with Gasteiger partial charge in [0.25, 0.3) is 0 Å². The maximum absolute atomic E-state index is 10.5. The van der Waals surface area contributed by atoms with Crippen LogP contribution in [0.4, 0.5) is 0 Å². The molecule has 1 saturated heterocycles. The van der Waals surface area contributed by atoms with Crippen molar-refractivity contribution >= 4 is 18.9 Å². The summed E-state index contributed by atoms with van der Waals surface area (Å²) in [6, 6.07) is 5.09. The Balaban J connectivity index is 1.83. The van der Waals surface area contributed by atoms with Gasteiger partial charge >= 0.3 is 0 Å². The minimum absolute atomic E-state index is 0.586. The molecule has 0 saturated carbocycles. The molecular formula is C13H15N2O8P-2. The largest absolute Gasteiger partial charge is 0.790 e. The zero-order valence-electron chi connectivity index (χ0n) is 12.5. The second-order valence-electron chi connectivity index (χ2n) is 5.30. The van der Waals surface area contributed by atoms with Gasteiger partial charge in [-0.1, -0.05) is 0 Å². The molecule has 24 heavy (non-hydrogen) atoms. The van der Waals surface area contributed by atoms with Crippen LogP contribution in [-0.4, -0.2) is 51.8 Å². The van der Waals surface area contributed by atoms with E-state index >= 15 is 0 Å². The molecule has 1 aliphatic rings. The second kappa shape index (κ2) is 6.41. The van der Waals surface area contributed by atoms with Crippen LogP contribution in [0.25, 0.3) is 11.0 Å². The molecule has 0 aliphatic carbocycles. The molecule has 4 atom stereocenters. The number of methoxy groups -OCH3 is 1. The van der Waals surface area contributed by atoms with Gasteiger partial charge in [0.15, 0.2) is 6.23 Å². The summed E-state index contributed by atoms with van der Waals surface area (Å²) < 4.78 is 26.7. The number of ether oxygens (including phenoxy) is 2. The third-order valence-corrected chi connectivity index (χ3v) is 4.26. The van der Waals surface area contributed by atoms with Crippen LogP contribution in [0.15, 0.2) is 24.5 Å². The van der Waals surface area contributed by atoms with E-state index in [1.54, 1.807) is 18.2 Å². The van der Waals surface area contributed by atoms with Crippen LogP contribution in [0.3, 0.4) is 0 Å². The molecule has 10 nitrogen and oxygen atoms in total. The number of benzene rings is 1. The summed E-state index contributed by atoms with van der Waals surface area (Å²) in [6.07, 6.45) is -3.53. The molecule has 0 bridgehead atoms. The predicted octanol–water partition coefficient (Wildman–Crippen LogP) is -1.49. The van der Waals surface area contributed by atoms with E-state index in [-0.39, 0.29) is 0 Å². The van der Waals surface area contributed by atoms with Crippen LogP contribution in [0.5, 0.6) is 5.75 Å². The summed E-state index contributed by atoms with van der Waals surface area (Å²) in [5.41, 5.74) is 1.20. The van der Waals surface area contributed by atoms with Crippen molar-refractivity contribution in [2.24, 2.45) is 0 Å². The van der Waals surface area contributed by atoms with Gasteiger partial charge in [0.05, 0.1) is 38.9 Å². The zero-order valence-corrected chi connectivity index (χ0v) is 13.4. The van der Waals surface area contributed by atoms with Gasteiger partial charge in [-0.15, -0.1) is 0 Å². The Bertz CT molecular complexity index is 774. The molecule has 0 amide bonds. The summed E-state index contributed by atoms with van der Waals surface area (Å²) in [5, 5.41) is 20.1. The van der Waals surface area contributed by atoms with Crippen LogP contribution in [0, 0.1) is 0 Å². The zero-order chi connectivity index (χ0) is 17.5. The predicted molar refractivity (Wildman–Crippen MR) is 75.8 cm³/mol. The fourth-order valence-electron chi connectivity index (χ4n) is 2.60. The minimum Gasteiger partial charge on any atom is -0.790 e. The molecule has 0 unspecified atom stereocenters. The van der Waals surface area contributed by atoms with Crippen LogP contribution in [0.1, 0.15) is 6.23 Å². The summed E-state index contributed by atoms with van der Waals surface area (Å²) in [4.78, 5) is 25.3. The third kappa shape index (κ3) is 3.31. The number of aliphatic hydroxyl groups excluding tert-OH is 2. The lowest BCUT2D eigenvalue weighted by molar-refractivity contribution is -0.343. The van der Waals surface area contributed by atoms with Crippen molar-refractivity contribution < 1.29 is 38.6 Å². The number of hydrogen-bond acceptors (Lipinski definition) is 9. The van der Waals surface area contributed by atoms with Gasteiger partial charge in [-0.05, 0) is 12.1 Å². The number of phosphoric acid groups is 1. The van der Waals surface area contributed by atoms with Crippen LogP contribution in [0.2, 0.25) is 0 Å². The van der Waals surface area contributed by atoms with E-state index in [0.717, 1.165) is 0 Å². The van der Waals surface area contributed by atoms with E-state index in [4.69, 9.17) is 9.47 Å². The molecule has 2 aromatic rings. The fourth-order valence-corrected chi connectivity index (χ4v) is 2.93. The molecule has 2 heterocycles. The van der Waals surface area contributed by atoms with E-state index < -0.39 is 39.0 Å². The molecule has 0 radical (unpaired) electrons. The molecule has 1 aromatic heterocycles. The average Bonchev–Trinajstić information content (AvgIpc) is 3.06. The number of nitrogens with zero attached hydrogens (tertiary/aromatic N) is 2. The summed E-state index contributed by atoms with van der Waals surface area (Å²) in [5.74, 6) is 0.605. The van der Waals surface area contributed by atoms with E-state index in [0.29, 0.717) is 16.8 Å². The lowest BCUT2D eigenvalue weighted by Gasteiger charge is -2.30.